The number of nitrogens with zero attached hydrogens (tertiary/aromatic N) is 3. The molecule has 0 atom stereocenters. The number of carbonyl (C=O) groups is 1. The average molecular weight is 454 g/mol. The minimum absolute atomic E-state index is 0.107. The number of anilines is 1. The predicted octanol–water partition coefficient (Wildman–Crippen LogP) is 3.12. The molecular weight excluding hydrogens is 434 g/mol. The van der Waals surface area contributed by atoms with Crippen LogP contribution >= 0.6 is 11.3 Å². The highest BCUT2D eigenvalue weighted by atomic mass is 32.2. The number of nitrogens with one attached hydrogen (secondary N) is 2. The number of benzene rings is 2. The average Bonchev–Trinajstić information content (AvgIpc) is 3.47. The molecular formula is C21H19N5O3S2. The highest BCUT2D eigenvalue weighted by molar-refractivity contribution is 7.89. The summed E-state index contributed by atoms with van der Waals surface area (Å²) in [6, 6.07) is 17.0. The third-order valence-electron chi connectivity index (χ3n) is 4.44. The summed E-state index contributed by atoms with van der Waals surface area (Å²) < 4.78 is 29.1. The molecule has 1 amide bonds. The molecule has 158 valence electrons. The standard InChI is InChI=1S/C21H19N5O3S2/c27-21(25-18-4-1-3-16(11-18)13-26-15-22-14-23-26)17-6-8-20(9-7-17)31(28,29)24-12-19-5-2-10-30-19/h1-11,14-15,24H,12-13H2,(H,25,27). The Bertz CT molecular complexity index is 1250. The van der Waals surface area contributed by atoms with Crippen molar-refractivity contribution in [3.8, 4) is 0 Å². The Labute approximate surface area is 183 Å². The highest BCUT2D eigenvalue weighted by Crippen LogP contribution is 2.16. The van der Waals surface area contributed by atoms with E-state index in [9.17, 15) is 13.2 Å². The summed E-state index contributed by atoms with van der Waals surface area (Å²) in [6.45, 7) is 0.766. The van der Waals surface area contributed by atoms with Gasteiger partial charge in [-0.15, -0.1) is 11.3 Å². The van der Waals surface area contributed by atoms with Gasteiger partial charge in [0.15, 0.2) is 0 Å². The summed E-state index contributed by atoms with van der Waals surface area (Å²) in [7, 11) is -3.66. The van der Waals surface area contributed by atoms with E-state index in [1.54, 1.807) is 17.1 Å². The number of amides is 1. The van der Waals surface area contributed by atoms with E-state index in [1.807, 2.05) is 35.7 Å². The lowest BCUT2D eigenvalue weighted by Crippen LogP contribution is -2.23. The molecule has 8 nitrogen and oxygen atoms in total. The van der Waals surface area contributed by atoms with Crippen LogP contribution in [-0.4, -0.2) is 29.1 Å². The first-order valence-corrected chi connectivity index (χ1v) is 11.7. The van der Waals surface area contributed by atoms with Crippen LogP contribution in [0.1, 0.15) is 20.8 Å². The van der Waals surface area contributed by atoms with Gasteiger partial charge in [-0.1, -0.05) is 18.2 Å². The van der Waals surface area contributed by atoms with Crippen molar-refractivity contribution in [2.45, 2.75) is 18.0 Å². The maximum Gasteiger partial charge on any atom is 0.255 e. The second-order valence-electron chi connectivity index (χ2n) is 6.68. The van der Waals surface area contributed by atoms with Crippen molar-refractivity contribution in [1.82, 2.24) is 19.5 Å². The number of aromatic nitrogens is 3. The van der Waals surface area contributed by atoms with Crippen LogP contribution in [-0.2, 0) is 23.1 Å². The zero-order chi connectivity index (χ0) is 21.7. The molecule has 0 radical (unpaired) electrons. The zero-order valence-electron chi connectivity index (χ0n) is 16.3. The van der Waals surface area contributed by atoms with Crippen LogP contribution in [0.4, 0.5) is 5.69 Å². The first-order valence-electron chi connectivity index (χ1n) is 9.34. The summed E-state index contributed by atoms with van der Waals surface area (Å²) in [5.41, 5.74) is 1.96. The highest BCUT2D eigenvalue weighted by Gasteiger charge is 2.15. The summed E-state index contributed by atoms with van der Waals surface area (Å²) in [4.78, 5) is 17.5. The number of thiophene rings is 1. The van der Waals surface area contributed by atoms with E-state index in [1.165, 1.54) is 41.9 Å². The Morgan fingerprint density at radius 1 is 1.06 bits per heavy atom. The van der Waals surface area contributed by atoms with Crippen LogP contribution in [0.3, 0.4) is 0 Å². The van der Waals surface area contributed by atoms with Gasteiger partial charge in [0, 0.05) is 22.7 Å². The van der Waals surface area contributed by atoms with E-state index in [0.29, 0.717) is 17.8 Å². The lowest BCUT2D eigenvalue weighted by atomic mass is 10.1. The molecule has 0 spiro atoms. The van der Waals surface area contributed by atoms with Crippen molar-refractivity contribution >= 4 is 33.0 Å². The number of carbonyl (C=O) groups excluding carboxylic acids is 1. The molecule has 4 rings (SSSR count). The first-order chi connectivity index (χ1) is 15.0. The van der Waals surface area contributed by atoms with Crippen molar-refractivity contribution in [1.29, 1.82) is 0 Å². The van der Waals surface area contributed by atoms with Gasteiger partial charge in [-0.2, -0.15) is 5.10 Å². The quantitative estimate of drug-likeness (QED) is 0.426. The molecule has 0 fully saturated rings. The summed E-state index contributed by atoms with van der Waals surface area (Å²) in [6.07, 6.45) is 3.09. The fourth-order valence-electron chi connectivity index (χ4n) is 2.90. The molecule has 31 heavy (non-hydrogen) atoms. The summed E-state index contributed by atoms with van der Waals surface area (Å²) >= 11 is 1.48. The van der Waals surface area contributed by atoms with Gasteiger partial charge in [0.05, 0.1) is 11.4 Å². The van der Waals surface area contributed by atoms with Gasteiger partial charge in [-0.25, -0.2) is 22.8 Å². The van der Waals surface area contributed by atoms with E-state index in [2.05, 4.69) is 20.1 Å². The molecule has 10 heteroatoms. The summed E-state index contributed by atoms with van der Waals surface area (Å²) in [5, 5.41) is 8.79. The Hall–Kier alpha value is -3.34. The normalized spacial score (nSPS) is 11.4. The lowest BCUT2D eigenvalue weighted by molar-refractivity contribution is 0.102. The molecule has 4 aromatic rings. The fourth-order valence-corrected chi connectivity index (χ4v) is 4.64. The number of hydrogen-bond donors (Lipinski definition) is 2. The monoisotopic (exact) mass is 453 g/mol. The number of sulfonamides is 1. The molecule has 0 aliphatic carbocycles. The van der Waals surface area contributed by atoms with Crippen molar-refractivity contribution < 1.29 is 13.2 Å². The Morgan fingerprint density at radius 3 is 2.61 bits per heavy atom. The van der Waals surface area contributed by atoms with E-state index in [0.717, 1.165) is 10.4 Å². The van der Waals surface area contributed by atoms with Gasteiger partial charge < -0.3 is 5.32 Å². The molecule has 0 bridgehead atoms. The van der Waals surface area contributed by atoms with Gasteiger partial charge in [0.25, 0.3) is 5.91 Å². The van der Waals surface area contributed by atoms with Crippen LogP contribution < -0.4 is 10.0 Å². The van der Waals surface area contributed by atoms with Gasteiger partial charge in [-0.3, -0.25) is 4.79 Å². The van der Waals surface area contributed by atoms with Crippen LogP contribution in [0.25, 0.3) is 0 Å². The van der Waals surface area contributed by atoms with Gasteiger partial charge in [0.2, 0.25) is 10.0 Å². The van der Waals surface area contributed by atoms with Crippen LogP contribution in [0.15, 0.2) is 83.6 Å². The molecule has 2 aromatic heterocycles. The van der Waals surface area contributed by atoms with E-state index in [4.69, 9.17) is 0 Å². The van der Waals surface area contributed by atoms with Crippen molar-refractivity contribution in [2.24, 2.45) is 0 Å². The van der Waals surface area contributed by atoms with E-state index >= 15 is 0 Å². The van der Waals surface area contributed by atoms with Crippen LogP contribution in [0.2, 0.25) is 0 Å². The smallest absolute Gasteiger partial charge is 0.255 e. The van der Waals surface area contributed by atoms with E-state index in [-0.39, 0.29) is 17.3 Å². The molecule has 0 saturated heterocycles. The Kier molecular flexibility index (Phi) is 6.21. The third-order valence-corrected chi connectivity index (χ3v) is 6.73. The first kappa shape index (κ1) is 20.9. The Balaban J connectivity index is 1.40. The minimum atomic E-state index is -3.66. The topological polar surface area (TPSA) is 106 Å². The molecule has 2 N–H and O–H groups in total. The van der Waals surface area contributed by atoms with E-state index < -0.39 is 10.0 Å². The number of rotatable bonds is 8. The Morgan fingerprint density at radius 2 is 1.90 bits per heavy atom. The van der Waals surface area contributed by atoms with Crippen molar-refractivity contribution in [2.75, 3.05) is 5.32 Å². The SMILES string of the molecule is O=C(Nc1cccc(Cn2cncn2)c1)c1ccc(S(=O)(=O)NCc2cccs2)cc1. The maximum absolute atomic E-state index is 12.6. The van der Waals surface area contributed by atoms with Gasteiger partial charge in [-0.05, 0) is 53.4 Å². The molecule has 0 unspecified atom stereocenters. The second-order valence-corrected chi connectivity index (χ2v) is 9.48. The third kappa shape index (κ3) is 5.43. The summed E-state index contributed by atoms with van der Waals surface area (Å²) in [5.74, 6) is -0.326. The van der Waals surface area contributed by atoms with Crippen molar-refractivity contribution in [3.63, 3.8) is 0 Å². The lowest BCUT2D eigenvalue weighted by Gasteiger charge is -2.09. The van der Waals surface area contributed by atoms with Gasteiger partial charge in [0.1, 0.15) is 12.7 Å². The molecule has 0 aliphatic heterocycles. The predicted molar refractivity (Wildman–Crippen MR) is 118 cm³/mol. The fraction of sp³-hybridized carbons (Fsp3) is 0.0952. The second kappa shape index (κ2) is 9.21. The maximum atomic E-state index is 12.6. The van der Waals surface area contributed by atoms with Crippen molar-refractivity contribution in [3.05, 3.63) is 94.7 Å². The molecule has 0 saturated carbocycles. The van der Waals surface area contributed by atoms with Gasteiger partial charge >= 0.3 is 0 Å². The minimum Gasteiger partial charge on any atom is -0.322 e. The largest absolute Gasteiger partial charge is 0.322 e. The zero-order valence-corrected chi connectivity index (χ0v) is 17.9. The number of hydrogen-bond acceptors (Lipinski definition) is 6. The molecule has 2 heterocycles. The molecule has 0 aliphatic rings. The van der Waals surface area contributed by atoms with Crippen LogP contribution in [0.5, 0.6) is 0 Å². The van der Waals surface area contributed by atoms with Crippen LogP contribution in [0, 0.1) is 0 Å². The molecule has 2 aromatic carbocycles.